The van der Waals surface area contributed by atoms with Gasteiger partial charge in [-0.3, -0.25) is 43.2 Å². The maximum absolute atomic E-state index is 13.0. The van der Waals surface area contributed by atoms with Crippen molar-refractivity contribution in [2.75, 3.05) is 25.5 Å². The van der Waals surface area contributed by atoms with Crippen molar-refractivity contribution in [2.24, 2.45) is 11.5 Å². The van der Waals surface area contributed by atoms with Gasteiger partial charge in [-0.05, 0) is 13.3 Å². The van der Waals surface area contributed by atoms with Crippen molar-refractivity contribution in [1.29, 1.82) is 0 Å². The van der Waals surface area contributed by atoms with Crippen LogP contribution in [0.15, 0.2) is 0 Å². The lowest BCUT2D eigenvalue weighted by Crippen LogP contribution is -2.62. The summed E-state index contributed by atoms with van der Waals surface area (Å²) in [6.07, 6.45) is -3.68. The molecule has 15 N–H and O–H groups in total. The van der Waals surface area contributed by atoms with Gasteiger partial charge >= 0.3 is 11.9 Å². The number of carbonyl (C=O) groups excluding carboxylic acids is 7. The maximum atomic E-state index is 13.0. The van der Waals surface area contributed by atoms with Gasteiger partial charge in [0.2, 0.25) is 41.4 Å². The molecule has 23 heteroatoms. The SMILES string of the molecule is C[C@@H](O)[C@H](NC(=O)[C@H](CC(N)=O)NC(=O)[C@H](CO)NC(=O)[C@H](CCC(=O)O)NC(=O)[C@@H](N)CO)C(=O)N[C@@H](CS)C(=O)NCC(=O)O. The number of hydrogen-bond acceptors (Lipinski definition) is 14. The summed E-state index contributed by atoms with van der Waals surface area (Å²) in [4.78, 5) is 109. The van der Waals surface area contributed by atoms with Crippen LogP contribution in [0.1, 0.15) is 26.2 Å². The predicted molar refractivity (Wildman–Crippen MR) is 159 cm³/mol. The average Bonchev–Trinajstić information content (AvgIpc) is 2.99. The Morgan fingerprint density at radius 1 is 0.681 bits per heavy atom. The highest BCUT2D eigenvalue weighted by atomic mass is 32.1. The smallest absolute Gasteiger partial charge is 0.322 e. The fourth-order valence-corrected chi connectivity index (χ4v) is 3.71. The van der Waals surface area contributed by atoms with E-state index in [2.05, 4.69) is 28.6 Å². The zero-order valence-corrected chi connectivity index (χ0v) is 25.9. The molecule has 266 valence electrons. The summed E-state index contributed by atoms with van der Waals surface area (Å²) in [6, 6.07) is -10.1. The Morgan fingerprint density at radius 3 is 1.66 bits per heavy atom. The normalized spacial score (nSPS) is 15.2. The van der Waals surface area contributed by atoms with Gasteiger partial charge in [-0.15, -0.1) is 0 Å². The number of hydrogen-bond donors (Lipinski definition) is 14. The van der Waals surface area contributed by atoms with Crippen LogP contribution in [0.25, 0.3) is 0 Å². The van der Waals surface area contributed by atoms with Gasteiger partial charge in [0, 0.05) is 12.2 Å². The van der Waals surface area contributed by atoms with E-state index < -0.39 is 135 Å². The van der Waals surface area contributed by atoms with Crippen molar-refractivity contribution in [1.82, 2.24) is 31.9 Å². The molecule has 7 atom stereocenters. The fraction of sp³-hybridized carbons (Fsp3) is 0.625. The standard InChI is InChI=1S/C24H40N8O14S/c1-9(35)18(24(46)31-14(8-47)20(42)27-5-17(39)40)32-22(44)12(4-15(26)36)29-23(45)13(7-34)30-21(43)11(2-3-16(37)38)28-19(41)10(25)6-33/h9-14,18,33-35,47H,2-8,25H2,1H3,(H2,26,36)(H,27,42)(H,28,41)(H,29,45)(H,30,43)(H,31,46)(H,32,44)(H,37,38)(H,39,40)/t9-,10+,11+,12+,13+,14+,18+/m1/s1. The quantitative estimate of drug-likeness (QED) is 0.0467. The van der Waals surface area contributed by atoms with Crippen molar-refractivity contribution >= 4 is 65.9 Å². The monoisotopic (exact) mass is 696 g/mol. The van der Waals surface area contributed by atoms with E-state index in [9.17, 15) is 53.4 Å². The minimum absolute atomic E-state index is 0.332. The summed E-state index contributed by atoms with van der Waals surface area (Å²) >= 11 is 3.90. The molecule has 0 radical (unpaired) electrons. The molecule has 0 fully saturated rings. The first-order valence-electron chi connectivity index (χ1n) is 13.7. The summed E-state index contributed by atoms with van der Waals surface area (Å²) in [7, 11) is 0. The number of nitrogens with one attached hydrogen (secondary N) is 6. The van der Waals surface area contributed by atoms with Gasteiger partial charge in [-0.2, -0.15) is 12.6 Å². The van der Waals surface area contributed by atoms with Crippen molar-refractivity contribution in [3.05, 3.63) is 0 Å². The number of aliphatic hydroxyl groups excluding tert-OH is 3. The van der Waals surface area contributed by atoms with Crippen LogP contribution in [0.4, 0.5) is 0 Å². The Kier molecular flexibility index (Phi) is 19.2. The Balaban J connectivity index is 5.84. The van der Waals surface area contributed by atoms with E-state index in [1.807, 2.05) is 16.0 Å². The molecule has 0 rings (SSSR count). The number of aliphatic hydroxyl groups is 3. The molecule has 0 aromatic rings. The predicted octanol–water partition coefficient (Wildman–Crippen LogP) is -8.03. The van der Waals surface area contributed by atoms with Crippen molar-refractivity contribution < 1.29 is 68.7 Å². The molecule has 0 spiro atoms. The number of amides is 7. The molecule has 47 heavy (non-hydrogen) atoms. The summed E-state index contributed by atoms with van der Waals surface area (Å²) in [5.74, 6) is -11.1. The van der Waals surface area contributed by atoms with Crippen LogP contribution in [-0.2, 0) is 43.2 Å². The number of rotatable bonds is 22. The summed E-state index contributed by atoms with van der Waals surface area (Å²) in [5, 5.41) is 59.0. The molecule has 0 aromatic carbocycles. The second kappa shape index (κ2) is 21.3. The highest BCUT2D eigenvalue weighted by Crippen LogP contribution is 2.03. The number of primary amides is 1. The van der Waals surface area contributed by atoms with Crippen LogP contribution in [0.3, 0.4) is 0 Å². The van der Waals surface area contributed by atoms with Gasteiger partial charge in [-0.1, -0.05) is 0 Å². The maximum Gasteiger partial charge on any atom is 0.322 e. The molecule has 22 nitrogen and oxygen atoms in total. The molecule has 0 aliphatic carbocycles. The van der Waals surface area contributed by atoms with Crippen LogP contribution in [0, 0.1) is 0 Å². The zero-order chi connectivity index (χ0) is 36.4. The van der Waals surface area contributed by atoms with Crippen LogP contribution < -0.4 is 43.4 Å². The number of nitrogens with two attached hydrogens (primary N) is 2. The third-order valence-corrected chi connectivity index (χ3v) is 6.32. The Morgan fingerprint density at radius 2 is 1.19 bits per heavy atom. The molecule has 7 amide bonds. The lowest BCUT2D eigenvalue weighted by atomic mass is 10.1. The second-order valence-electron chi connectivity index (χ2n) is 9.84. The number of thiol groups is 1. The molecular weight excluding hydrogens is 656 g/mol. The Labute approximate surface area is 272 Å². The van der Waals surface area contributed by atoms with E-state index in [0.29, 0.717) is 0 Å². The van der Waals surface area contributed by atoms with Gasteiger partial charge in [0.05, 0.1) is 25.7 Å². The highest BCUT2D eigenvalue weighted by Gasteiger charge is 2.34. The van der Waals surface area contributed by atoms with E-state index in [-0.39, 0.29) is 5.75 Å². The second-order valence-corrected chi connectivity index (χ2v) is 10.2. The summed E-state index contributed by atoms with van der Waals surface area (Å²) in [5.41, 5.74) is 10.6. The molecular formula is C24H40N8O14S. The molecule has 0 saturated carbocycles. The third kappa shape index (κ3) is 16.0. The first-order valence-corrected chi connectivity index (χ1v) is 14.3. The molecule has 0 heterocycles. The summed E-state index contributed by atoms with van der Waals surface area (Å²) < 4.78 is 0. The van der Waals surface area contributed by atoms with Crippen molar-refractivity contribution in [2.45, 2.75) is 68.5 Å². The number of carboxylic acids is 2. The topological polar surface area (TPSA) is 379 Å². The third-order valence-electron chi connectivity index (χ3n) is 5.96. The van der Waals surface area contributed by atoms with E-state index in [0.717, 1.165) is 6.92 Å². The van der Waals surface area contributed by atoms with E-state index in [1.165, 1.54) is 0 Å². The van der Waals surface area contributed by atoms with Crippen LogP contribution in [0.5, 0.6) is 0 Å². The molecule has 0 bridgehead atoms. The van der Waals surface area contributed by atoms with E-state index in [1.54, 1.807) is 0 Å². The Hall–Kier alpha value is -4.58. The van der Waals surface area contributed by atoms with Crippen molar-refractivity contribution in [3.63, 3.8) is 0 Å². The van der Waals surface area contributed by atoms with Crippen molar-refractivity contribution in [3.8, 4) is 0 Å². The highest BCUT2D eigenvalue weighted by molar-refractivity contribution is 7.80. The molecule has 0 aromatic heterocycles. The number of carboxylic acid groups (broad SMARTS) is 2. The minimum Gasteiger partial charge on any atom is -0.481 e. The minimum atomic E-state index is -1.87. The average molecular weight is 697 g/mol. The molecule has 0 saturated heterocycles. The summed E-state index contributed by atoms with van der Waals surface area (Å²) in [6.45, 7) is -1.66. The largest absolute Gasteiger partial charge is 0.481 e. The van der Waals surface area contributed by atoms with Gasteiger partial charge in [0.25, 0.3) is 0 Å². The van der Waals surface area contributed by atoms with Gasteiger partial charge in [-0.25, -0.2) is 0 Å². The van der Waals surface area contributed by atoms with Gasteiger partial charge in [0.15, 0.2) is 0 Å². The lowest BCUT2D eigenvalue weighted by molar-refractivity contribution is -0.139. The fourth-order valence-electron chi connectivity index (χ4n) is 3.45. The first kappa shape index (κ1) is 42.4. The van der Waals surface area contributed by atoms with Crippen LogP contribution in [-0.4, -0.2) is 147 Å². The first-order chi connectivity index (χ1) is 21.9. The van der Waals surface area contributed by atoms with E-state index in [4.69, 9.17) is 26.8 Å². The molecule has 0 unspecified atom stereocenters. The number of carbonyl (C=O) groups is 9. The van der Waals surface area contributed by atoms with Gasteiger partial charge < -0.3 is 68.9 Å². The zero-order valence-electron chi connectivity index (χ0n) is 25.0. The Bertz CT molecular complexity index is 1170. The van der Waals surface area contributed by atoms with Gasteiger partial charge in [0.1, 0.15) is 42.8 Å². The van der Waals surface area contributed by atoms with Crippen LogP contribution >= 0.6 is 12.6 Å². The van der Waals surface area contributed by atoms with Crippen LogP contribution in [0.2, 0.25) is 0 Å². The lowest BCUT2D eigenvalue weighted by Gasteiger charge is -2.27. The molecule has 0 aliphatic rings. The number of aliphatic carboxylic acids is 2. The molecule has 0 aliphatic heterocycles. The van der Waals surface area contributed by atoms with E-state index >= 15 is 0 Å².